The van der Waals surface area contributed by atoms with Crippen LogP contribution in [0, 0.1) is 5.82 Å². The molecule has 0 spiro atoms. The molecular formula is C16H12Cl3FN2O2. The Balaban J connectivity index is 1.93. The zero-order valence-corrected chi connectivity index (χ0v) is 14.7. The molecule has 0 fully saturated rings. The molecule has 0 aromatic heterocycles. The number of benzene rings is 2. The summed E-state index contributed by atoms with van der Waals surface area (Å²) in [6.45, 7) is 1.38. The quantitative estimate of drug-likeness (QED) is 0.457. The second kappa shape index (κ2) is 8.33. The Morgan fingerprint density at radius 2 is 1.75 bits per heavy atom. The molecule has 2 rings (SSSR count). The van der Waals surface area contributed by atoms with Crippen molar-refractivity contribution < 1.29 is 13.9 Å². The third-order valence-corrected chi connectivity index (χ3v) is 3.96. The molecule has 0 unspecified atom stereocenters. The van der Waals surface area contributed by atoms with Gasteiger partial charge in [-0.1, -0.05) is 46.9 Å². The summed E-state index contributed by atoms with van der Waals surface area (Å²) in [4.78, 5) is 11.8. The molecule has 4 nitrogen and oxygen atoms in total. The molecule has 2 aromatic rings. The normalized spacial score (nSPS) is 11.3. The highest BCUT2D eigenvalue weighted by Crippen LogP contribution is 2.33. The fourth-order valence-corrected chi connectivity index (χ4v) is 2.28. The first-order valence-electron chi connectivity index (χ1n) is 6.73. The first kappa shape index (κ1) is 18.5. The first-order chi connectivity index (χ1) is 11.4. The number of nitrogens with one attached hydrogen (secondary N) is 1. The van der Waals surface area contributed by atoms with E-state index in [1.165, 1.54) is 24.3 Å². The molecular weight excluding hydrogens is 378 g/mol. The van der Waals surface area contributed by atoms with Crippen LogP contribution in [-0.4, -0.2) is 18.2 Å². The topological polar surface area (TPSA) is 50.7 Å². The van der Waals surface area contributed by atoms with Crippen LogP contribution in [0.25, 0.3) is 0 Å². The number of rotatable bonds is 5. The molecule has 0 saturated carbocycles. The van der Waals surface area contributed by atoms with Gasteiger partial charge in [0.2, 0.25) is 0 Å². The van der Waals surface area contributed by atoms with E-state index in [9.17, 15) is 9.18 Å². The lowest BCUT2D eigenvalue weighted by Crippen LogP contribution is -2.25. The lowest BCUT2D eigenvalue weighted by atomic mass is 10.1. The van der Waals surface area contributed by atoms with Gasteiger partial charge in [0.15, 0.2) is 6.61 Å². The van der Waals surface area contributed by atoms with Crippen LogP contribution in [0.5, 0.6) is 5.75 Å². The maximum absolute atomic E-state index is 12.9. The summed E-state index contributed by atoms with van der Waals surface area (Å²) in [6, 6.07) is 8.60. The van der Waals surface area contributed by atoms with Gasteiger partial charge in [-0.2, -0.15) is 5.10 Å². The number of hydrazone groups is 1. The van der Waals surface area contributed by atoms with E-state index in [2.05, 4.69) is 10.5 Å². The zero-order chi connectivity index (χ0) is 17.7. The highest BCUT2D eigenvalue weighted by atomic mass is 35.5. The summed E-state index contributed by atoms with van der Waals surface area (Å²) < 4.78 is 18.1. The molecule has 1 N–H and O–H groups in total. The molecule has 0 aliphatic carbocycles. The number of hydrogen-bond acceptors (Lipinski definition) is 3. The van der Waals surface area contributed by atoms with Crippen molar-refractivity contribution in [3.63, 3.8) is 0 Å². The Labute approximate surface area is 153 Å². The second-order valence-corrected chi connectivity index (χ2v) is 5.95. The molecule has 0 bridgehead atoms. The van der Waals surface area contributed by atoms with Crippen LogP contribution in [0.15, 0.2) is 41.5 Å². The summed E-state index contributed by atoms with van der Waals surface area (Å²) in [6.07, 6.45) is 0. The number of amides is 1. The average Bonchev–Trinajstić information content (AvgIpc) is 2.55. The highest BCUT2D eigenvalue weighted by Gasteiger charge is 2.09. The summed E-state index contributed by atoms with van der Waals surface area (Å²) in [5.41, 5.74) is 3.55. The molecule has 0 saturated heterocycles. The minimum Gasteiger partial charge on any atom is -0.482 e. The summed E-state index contributed by atoms with van der Waals surface area (Å²) in [7, 11) is 0. The van der Waals surface area contributed by atoms with Gasteiger partial charge < -0.3 is 4.74 Å². The van der Waals surface area contributed by atoms with Crippen molar-refractivity contribution in [2.75, 3.05) is 6.61 Å². The first-order valence-corrected chi connectivity index (χ1v) is 7.86. The van der Waals surface area contributed by atoms with Crippen LogP contribution in [-0.2, 0) is 4.79 Å². The Hall–Kier alpha value is -1.82. The lowest BCUT2D eigenvalue weighted by Gasteiger charge is -2.08. The van der Waals surface area contributed by atoms with Gasteiger partial charge in [0.05, 0.1) is 20.8 Å². The number of halogens is 4. The molecule has 126 valence electrons. The van der Waals surface area contributed by atoms with E-state index in [0.29, 0.717) is 11.3 Å². The Morgan fingerprint density at radius 3 is 2.42 bits per heavy atom. The van der Waals surface area contributed by atoms with E-state index < -0.39 is 5.91 Å². The van der Waals surface area contributed by atoms with Gasteiger partial charge >= 0.3 is 0 Å². The molecule has 0 atom stereocenters. The van der Waals surface area contributed by atoms with Gasteiger partial charge in [-0.25, -0.2) is 9.82 Å². The fourth-order valence-electron chi connectivity index (χ4n) is 1.69. The van der Waals surface area contributed by atoms with E-state index in [0.717, 1.165) is 0 Å². The number of carbonyl (C=O) groups is 1. The van der Waals surface area contributed by atoms with Gasteiger partial charge in [-0.15, -0.1) is 0 Å². The van der Waals surface area contributed by atoms with Crippen molar-refractivity contribution in [3.05, 3.63) is 62.8 Å². The molecule has 24 heavy (non-hydrogen) atoms. The van der Waals surface area contributed by atoms with E-state index in [-0.39, 0.29) is 33.2 Å². The Bertz CT molecular complexity index is 780. The van der Waals surface area contributed by atoms with Crippen LogP contribution < -0.4 is 10.2 Å². The number of carbonyl (C=O) groups excluding carboxylic acids is 1. The zero-order valence-electron chi connectivity index (χ0n) is 12.4. The number of ether oxygens (including phenoxy) is 1. The molecule has 1 amide bonds. The Kier molecular flexibility index (Phi) is 6.43. The number of hydrogen-bond donors (Lipinski definition) is 1. The van der Waals surface area contributed by atoms with E-state index in [4.69, 9.17) is 39.5 Å². The van der Waals surface area contributed by atoms with Gasteiger partial charge in [0, 0.05) is 6.07 Å². The average molecular weight is 390 g/mol. The maximum atomic E-state index is 12.9. The predicted molar refractivity (Wildman–Crippen MR) is 93.7 cm³/mol. The van der Waals surface area contributed by atoms with Crippen molar-refractivity contribution >= 4 is 46.4 Å². The maximum Gasteiger partial charge on any atom is 0.277 e. The van der Waals surface area contributed by atoms with Crippen LogP contribution in [0.4, 0.5) is 4.39 Å². The van der Waals surface area contributed by atoms with Crippen LogP contribution in [0.3, 0.4) is 0 Å². The van der Waals surface area contributed by atoms with Crippen molar-refractivity contribution in [2.24, 2.45) is 5.10 Å². The van der Waals surface area contributed by atoms with Crippen molar-refractivity contribution in [2.45, 2.75) is 6.92 Å². The van der Waals surface area contributed by atoms with Crippen molar-refractivity contribution in [1.82, 2.24) is 5.43 Å². The minimum absolute atomic E-state index is 0.237. The molecule has 0 aliphatic heterocycles. The van der Waals surface area contributed by atoms with Crippen molar-refractivity contribution in [3.8, 4) is 5.75 Å². The van der Waals surface area contributed by atoms with E-state index >= 15 is 0 Å². The number of nitrogens with zero attached hydrogens (tertiary/aromatic N) is 1. The molecule has 8 heteroatoms. The molecule has 0 aliphatic rings. The predicted octanol–water partition coefficient (Wildman–Crippen LogP) is 4.71. The van der Waals surface area contributed by atoms with Crippen LogP contribution >= 0.6 is 34.8 Å². The van der Waals surface area contributed by atoms with Gasteiger partial charge in [0.25, 0.3) is 5.91 Å². The van der Waals surface area contributed by atoms with Gasteiger partial charge in [-0.05, 0) is 30.7 Å². The van der Waals surface area contributed by atoms with Crippen LogP contribution in [0.1, 0.15) is 12.5 Å². The molecule has 0 radical (unpaired) electrons. The molecule has 0 heterocycles. The van der Waals surface area contributed by atoms with Crippen molar-refractivity contribution in [1.29, 1.82) is 0 Å². The lowest BCUT2D eigenvalue weighted by molar-refractivity contribution is -0.123. The SMILES string of the molecule is C/C(=N\NC(=O)COc1cc(Cl)c(Cl)cc1Cl)c1ccc(F)cc1. The standard InChI is InChI=1S/C16H12Cl3FN2O2/c1-9(10-2-4-11(20)5-3-10)21-22-16(23)8-24-15-7-13(18)12(17)6-14(15)19/h2-7H,8H2,1H3,(H,22,23)/b21-9+. The minimum atomic E-state index is -0.487. The fraction of sp³-hybridized carbons (Fsp3) is 0.125. The third kappa shape index (κ3) is 5.09. The highest BCUT2D eigenvalue weighted by molar-refractivity contribution is 6.43. The third-order valence-electron chi connectivity index (χ3n) is 2.94. The smallest absolute Gasteiger partial charge is 0.277 e. The van der Waals surface area contributed by atoms with Gasteiger partial charge in [0.1, 0.15) is 11.6 Å². The molecule has 2 aromatic carbocycles. The Morgan fingerprint density at radius 1 is 1.12 bits per heavy atom. The van der Waals surface area contributed by atoms with E-state index in [1.54, 1.807) is 19.1 Å². The monoisotopic (exact) mass is 388 g/mol. The summed E-state index contributed by atoms with van der Waals surface area (Å²) in [5, 5.41) is 4.72. The summed E-state index contributed by atoms with van der Waals surface area (Å²) >= 11 is 17.6. The second-order valence-electron chi connectivity index (χ2n) is 4.72. The van der Waals surface area contributed by atoms with Crippen LogP contribution in [0.2, 0.25) is 15.1 Å². The summed E-state index contributed by atoms with van der Waals surface area (Å²) in [5.74, 6) is -0.596. The largest absolute Gasteiger partial charge is 0.482 e. The van der Waals surface area contributed by atoms with Gasteiger partial charge in [-0.3, -0.25) is 4.79 Å². The van der Waals surface area contributed by atoms with E-state index in [1.807, 2.05) is 0 Å².